The van der Waals surface area contributed by atoms with Crippen LogP contribution >= 0.6 is 0 Å². The number of aromatic nitrogens is 3. The Balaban J connectivity index is 1.80. The molecule has 0 unspecified atom stereocenters. The smallest absolute Gasteiger partial charge is 0.339 e. The molecule has 0 amide bonds. The van der Waals surface area contributed by atoms with Gasteiger partial charge in [-0.2, -0.15) is 18.2 Å². The van der Waals surface area contributed by atoms with E-state index in [0.717, 1.165) is 12.1 Å². The summed E-state index contributed by atoms with van der Waals surface area (Å²) in [5.74, 6) is -2.30. The van der Waals surface area contributed by atoms with Crippen molar-refractivity contribution in [2.45, 2.75) is 24.9 Å². The van der Waals surface area contributed by atoms with Crippen LogP contribution in [-0.2, 0) is 6.18 Å². The molecule has 124 valence electrons. The topological polar surface area (TPSA) is 44.8 Å². The minimum absolute atomic E-state index is 0.104. The highest BCUT2D eigenvalue weighted by Crippen LogP contribution is 2.32. The van der Waals surface area contributed by atoms with Gasteiger partial charge in [0.05, 0.1) is 5.56 Å². The zero-order valence-corrected chi connectivity index (χ0v) is 11.9. The van der Waals surface area contributed by atoms with Gasteiger partial charge >= 0.3 is 6.18 Å². The number of aromatic amines is 1. The summed E-state index contributed by atoms with van der Waals surface area (Å²) in [4.78, 5) is 5.71. The lowest BCUT2D eigenvalue weighted by atomic mass is 10.1. The molecule has 2 aromatic rings. The first-order valence-corrected chi connectivity index (χ1v) is 6.97. The Morgan fingerprint density at radius 2 is 1.83 bits per heavy atom. The summed E-state index contributed by atoms with van der Waals surface area (Å²) < 4.78 is 64.5. The molecule has 23 heavy (non-hydrogen) atoms. The van der Waals surface area contributed by atoms with Gasteiger partial charge in [0, 0.05) is 31.5 Å². The quantitative estimate of drug-likeness (QED) is 0.853. The van der Waals surface area contributed by atoms with E-state index in [-0.39, 0.29) is 43.3 Å². The first-order chi connectivity index (χ1) is 10.7. The summed E-state index contributed by atoms with van der Waals surface area (Å²) in [6.45, 7) is 0.208. The van der Waals surface area contributed by atoms with Crippen LogP contribution in [0.3, 0.4) is 0 Å². The van der Waals surface area contributed by atoms with Crippen molar-refractivity contribution in [1.29, 1.82) is 0 Å². The fraction of sp³-hybridized carbons (Fsp3) is 0.429. The second kappa shape index (κ2) is 5.47. The number of rotatable bonds is 2. The molecule has 1 aromatic carbocycles. The van der Waals surface area contributed by atoms with Crippen molar-refractivity contribution < 1.29 is 22.0 Å². The Bertz CT molecular complexity index is 684. The molecule has 4 nitrogen and oxygen atoms in total. The van der Waals surface area contributed by atoms with Gasteiger partial charge in [-0.15, -0.1) is 5.10 Å². The van der Waals surface area contributed by atoms with Crippen molar-refractivity contribution in [3.8, 4) is 11.4 Å². The van der Waals surface area contributed by atoms with E-state index >= 15 is 0 Å². The van der Waals surface area contributed by atoms with Gasteiger partial charge in [-0.1, -0.05) is 12.1 Å². The van der Waals surface area contributed by atoms with Crippen LogP contribution in [0.5, 0.6) is 0 Å². The number of piperidine rings is 1. The average molecular weight is 332 g/mol. The minimum atomic E-state index is -4.45. The van der Waals surface area contributed by atoms with Crippen LogP contribution in [0, 0.1) is 0 Å². The predicted octanol–water partition coefficient (Wildman–Crippen LogP) is 3.73. The van der Waals surface area contributed by atoms with E-state index in [4.69, 9.17) is 0 Å². The van der Waals surface area contributed by atoms with Gasteiger partial charge in [0.25, 0.3) is 5.92 Å². The summed E-state index contributed by atoms with van der Waals surface area (Å²) >= 11 is 0. The van der Waals surface area contributed by atoms with Gasteiger partial charge in [0.15, 0.2) is 5.82 Å². The average Bonchev–Trinajstić information content (AvgIpc) is 2.96. The van der Waals surface area contributed by atoms with Gasteiger partial charge < -0.3 is 4.90 Å². The maximum atomic E-state index is 13.1. The second-order valence-electron chi connectivity index (χ2n) is 5.41. The van der Waals surface area contributed by atoms with Crippen LogP contribution in [0.4, 0.5) is 27.9 Å². The van der Waals surface area contributed by atoms with Crippen molar-refractivity contribution in [1.82, 2.24) is 15.2 Å². The molecule has 0 radical (unpaired) electrons. The molecule has 9 heteroatoms. The number of nitrogens with one attached hydrogen (secondary N) is 1. The first kappa shape index (κ1) is 15.7. The van der Waals surface area contributed by atoms with Crippen molar-refractivity contribution in [2.75, 3.05) is 18.0 Å². The number of H-pyrrole nitrogens is 1. The van der Waals surface area contributed by atoms with Crippen molar-refractivity contribution >= 4 is 5.95 Å². The SMILES string of the molecule is FC1(F)CCN(c2n[nH]c(-c3cccc(C(F)(F)F)c3)n2)CC1. The van der Waals surface area contributed by atoms with Crippen LogP contribution in [0.1, 0.15) is 18.4 Å². The van der Waals surface area contributed by atoms with Crippen LogP contribution in [0.15, 0.2) is 24.3 Å². The molecule has 0 aliphatic carbocycles. The van der Waals surface area contributed by atoms with E-state index in [1.807, 2.05) is 0 Å². The number of hydrogen-bond donors (Lipinski definition) is 1. The van der Waals surface area contributed by atoms with Crippen LogP contribution < -0.4 is 4.90 Å². The molecule has 0 saturated carbocycles. The normalized spacial score (nSPS) is 18.2. The highest BCUT2D eigenvalue weighted by atomic mass is 19.4. The lowest BCUT2D eigenvalue weighted by Crippen LogP contribution is -2.39. The van der Waals surface area contributed by atoms with Gasteiger partial charge in [-0.25, -0.2) is 8.78 Å². The van der Waals surface area contributed by atoms with E-state index in [9.17, 15) is 22.0 Å². The van der Waals surface area contributed by atoms with Gasteiger partial charge in [0.2, 0.25) is 5.95 Å². The van der Waals surface area contributed by atoms with Crippen LogP contribution in [-0.4, -0.2) is 34.2 Å². The van der Waals surface area contributed by atoms with Gasteiger partial charge in [-0.3, -0.25) is 5.10 Å². The zero-order chi connectivity index (χ0) is 16.7. The van der Waals surface area contributed by atoms with E-state index < -0.39 is 17.7 Å². The molecular weight excluding hydrogens is 319 g/mol. The molecule has 0 spiro atoms. The Morgan fingerprint density at radius 3 is 2.48 bits per heavy atom. The standard InChI is InChI=1S/C14H13F5N4/c15-13(16)4-6-23(7-5-13)12-20-11(21-22-12)9-2-1-3-10(8-9)14(17,18)19/h1-3,8H,4-7H2,(H,20,21,22). The molecule has 0 atom stereocenters. The van der Waals surface area contributed by atoms with E-state index in [1.165, 1.54) is 12.1 Å². The number of anilines is 1. The number of alkyl halides is 5. The highest BCUT2D eigenvalue weighted by molar-refractivity contribution is 5.57. The lowest BCUT2D eigenvalue weighted by Gasteiger charge is -2.30. The van der Waals surface area contributed by atoms with Crippen LogP contribution in [0.25, 0.3) is 11.4 Å². The Kier molecular flexibility index (Phi) is 3.73. The zero-order valence-electron chi connectivity index (χ0n) is 11.9. The largest absolute Gasteiger partial charge is 0.416 e. The summed E-state index contributed by atoms with van der Waals surface area (Å²) in [6.07, 6.45) is -5.03. The summed E-state index contributed by atoms with van der Waals surface area (Å²) in [7, 11) is 0. The van der Waals surface area contributed by atoms with Crippen molar-refractivity contribution in [2.24, 2.45) is 0 Å². The summed E-state index contributed by atoms with van der Waals surface area (Å²) in [5.41, 5.74) is -0.550. The van der Waals surface area contributed by atoms with Crippen molar-refractivity contribution in [3.05, 3.63) is 29.8 Å². The lowest BCUT2D eigenvalue weighted by molar-refractivity contribution is -0.137. The second-order valence-corrected chi connectivity index (χ2v) is 5.41. The fourth-order valence-electron chi connectivity index (χ4n) is 2.40. The Labute approximate surface area is 128 Å². The minimum Gasteiger partial charge on any atom is -0.339 e. The van der Waals surface area contributed by atoms with Crippen LogP contribution in [0.2, 0.25) is 0 Å². The molecule has 1 fully saturated rings. The molecule has 1 saturated heterocycles. The molecule has 3 rings (SSSR count). The van der Waals surface area contributed by atoms with Gasteiger partial charge in [-0.05, 0) is 12.1 Å². The molecule has 1 aliphatic heterocycles. The monoisotopic (exact) mass is 332 g/mol. The molecule has 1 aromatic heterocycles. The third-order valence-corrected chi connectivity index (χ3v) is 3.71. The van der Waals surface area contributed by atoms with E-state index in [1.54, 1.807) is 4.90 Å². The van der Waals surface area contributed by atoms with E-state index in [2.05, 4.69) is 15.2 Å². The van der Waals surface area contributed by atoms with Crippen molar-refractivity contribution in [3.63, 3.8) is 0 Å². The third kappa shape index (κ3) is 3.43. The Hall–Kier alpha value is -2.19. The number of benzene rings is 1. The molecule has 1 N–H and O–H groups in total. The molecule has 2 heterocycles. The first-order valence-electron chi connectivity index (χ1n) is 6.97. The molecular formula is C14H13F5N4. The fourth-order valence-corrected chi connectivity index (χ4v) is 2.40. The van der Waals surface area contributed by atoms with Gasteiger partial charge in [0.1, 0.15) is 0 Å². The summed E-state index contributed by atoms with van der Waals surface area (Å²) in [5, 5.41) is 6.48. The predicted molar refractivity (Wildman–Crippen MR) is 73.2 cm³/mol. The number of hydrogen-bond acceptors (Lipinski definition) is 3. The number of nitrogens with zero attached hydrogens (tertiary/aromatic N) is 3. The van der Waals surface area contributed by atoms with E-state index in [0.29, 0.717) is 0 Å². The summed E-state index contributed by atoms with van der Waals surface area (Å²) in [6, 6.07) is 4.69. The third-order valence-electron chi connectivity index (χ3n) is 3.71. The highest BCUT2D eigenvalue weighted by Gasteiger charge is 2.35. The molecule has 0 bridgehead atoms. The maximum Gasteiger partial charge on any atom is 0.416 e. The number of halogens is 5. The Morgan fingerprint density at radius 1 is 1.13 bits per heavy atom. The molecule has 1 aliphatic rings. The maximum absolute atomic E-state index is 13.1.